The van der Waals surface area contributed by atoms with E-state index in [1.54, 1.807) is 17.5 Å². The second-order valence-electron chi connectivity index (χ2n) is 5.07. The Kier molecular flexibility index (Phi) is 3.73. The number of anilines is 1. The minimum Gasteiger partial charge on any atom is -0.365 e. The third-order valence-corrected chi connectivity index (χ3v) is 4.67. The molecule has 0 unspecified atom stereocenters. The number of hydrogen-bond donors (Lipinski definition) is 1. The summed E-state index contributed by atoms with van der Waals surface area (Å²) >= 11 is 7.82. The second-order valence-corrected chi connectivity index (χ2v) is 6.54. The lowest BCUT2D eigenvalue weighted by Crippen LogP contribution is -2.04. The van der Waals surface area contributed by atoms with Crippen LogP contribution < -0.4 is 5.32 Å². The zero-order chi connectivity index (χ0) is 15.6. The van der Waals surface area contributed by atoms with Crippen LogP contribution in [0.25, 0.3) is 16.8 Å². The van der Waals surface area contributed by atoms with Crippen LogP contribution in [0.2, 0.25) is 5.02 Å². The quantitative estimate of drug-likeness (QED) is 0.584. The molecule has 4 rings (SSSR count). The molecule has 0 aliphatic carbocycles. The average molecular weight is 341 g/mol. The number of rotatable bonds is 4. The minimum atomic E-state index is 0.703. The van der Waals surface area contributed by atoms with Gasteiger partial charge in [-0.2, -0.15) is 9.61 Å². The smallest absolute Gasteiger partial charge is 0.165 e. The van der Waals surface area contributed by atoms with Crippen LogP contribution in [-0.2, 0) is 6.54 Å². The molecule has 0 fully saturated rings. The van der Waals surface area contributed by atoms with E-state index in [9.17, 15) is 0 Å². The van der Waals surface area contributed by atoms with Gasteiger partial charge in [-0.25, -0.2) is 4.98 Å². The number of fused-ring (bicyclic) bond motifs is 1. The number of benzene rings is 1. The van der Waals surface area contributed by atoms with E-state index in [4.69, 9.17) is 11.6 Å². The Hall–Kier alpha value is -2.37. The molecule has 114 valence electrons. The van der Waals surface area contributed by atoms with Gasteiger partial charge in [0, 0.05) is 21.7 Å². The number of halogens is 1. The van der Waals surface area contributed by atoms with E-state index in [1.165, 1.54) is 4.88 Å². The van der Waals surface area contributed by atoms with Crippen molar-refractivity contribution in [1.29, 1.82) is 0 Å². The molecule has 0 bridgehead atoms. The SMILES string of the molecule is Clc1cccc(-c2cnn3c(NCc4cccs4)ccnc23)c1. The first-order chi connectivity index (χ1) is 11.3. The molecule has 1 aromatic carbocycles. The highest BCUT2D eigenvalue weighted by Gasteiger charge is 2.10. The molecule has 0 aliphatic heterocycles. The summed E-state index contributed by atoms with van der Waals surface area (Å²) in [5.41, 5.74) is 2.78. The predicted molar refractivity (Wildman–Crippen MR) is 95.1 cm³/mol. The fourth-order valence-corrected chi connectivity index (χ4v) is 3.31. The van der Waals surface area contributed by atoms with Crippen LogP contribution in [-0.4, -0.2) is 14.6 Å². The van der Waals surface area contributed by atoms with Gasteiger partial charge in [-0.1, -0.05) is 29.8 Å². The van der Waals surface area contributed by atoms with Crippen molar-refractivity contribution in [3.63, 3.8) is 0 Å². The van der Waals surface area contributed by atoms with Crippen molar-refractivity contribution in [2.75, 3.05) is 5.32 Å². The van der Waals surface area contributed by atoms with Gasteiger partial charge in [0.25, 0.3) is 0 Å². The molecule has 4 aromatic rings. The Morgan fingerprint density at radius 2 is 2.13 bits per heavy atom. The van der Waals surface area contributed by atoms with Crippen molar-refractivity contribution in [3.8, 4) is 11.1 Å². The third kappa shape index (κ3) is 2.81. The van der Waals surface area contributed by atoms with Crippen molar-refractivity contribution in [2.45, 2.75) is 6.54 Å². The van der Waals surface area contributed by atoms with Crippen LogP contribution in [0.5, 0.6) is 0 Å². The summed E-state index contributed by atoms with van der Waals surface area (Å²) in [6.07, 6.45) is 3.62. The molecule has 0 amide bonds. The molecule has 1 N–H and O–H groups in total. The number of hydrogen-bond acceptors (Lipinski definition) is 4. The maximum atomic E-state index is 6.09. The van der Waals surface area contributed by atoms with Gasteiger partial charge >= 0.3 is 0 Å². The van der Waals surface area contributed by atoms with Crippen molar-refractivity contribution >= 4 is 34.4 Å². The molecule has 6 heteroatoms. The number of aromatic nitrogens is 3. The molecular formula is C17H13ClN4S. The summed E-state index contributed by atoms with van der Waals surface area (Å²) in [6, 6.07) is 13.8. The maximum Gasteiger partial charge on any atom is 0.165 e. The lowest BCUT2D eigenvalue weighted by atomic mass is 10.1. The molecule has 0 aliphatic rings. The molecule has 3 heterocycles. The normalized spacial score (nSPS) is 11.0. The van der Waals surface area contributed by atoms with Gasteiger partial charge in [-0.15, -0.1) is 11.3 Å². The Balaban J connectivity index is 1.71. The van der Waals surface area contributed by atoms with E-state index in [-0.39, 0.29) is 0 Å². The molecule has 0 saturated carbocycles. The molecular weight excluding hydrogens is 328 g/mol. The predicted octanol–water partition coefficient (Wildman–Crippen LogP) is 4.72. The summed E-state index contributed by atoms with van der Waals surface area (Å²) in [7, 11) is 0. The van der Waals surface area contributed by atoms with Gasteiger partial charge in [-0.05, 0) is 35.2 Å². The minimum absolute atomic E-state index is 0.703. The Morgan fingerprint density at radius 3 is 2.96 bits per heavy atom. The van der Waals surface area contributed by atoms with E-state index < -0.39 is 0 Å². The Labute approximate surface area is 142 Å². The van der Waals surface area contributed by atoms with E-state index in [2.05, 4.69) is 32.9 Å². The summed E-state index contributed by atoms with van der Waals surface area (Å²) in [4.78, 5) is 5.75. The van der Waals surface area contributed by atoms with Gasteiger partial charge < -0.3 is 5.32 Å². The largest absolute Gasteiger partial charge is 0.365 e. The number of nitrogens with one attached hydrogen (secondary N) is 1. The van der Waals surface area contributed by atoms with Gasteiger partial charge in [0.15, 0.2) is 5.65 Å². The van der Waals surface area contributed by atoms with Crippen molar-refractivity contribution in [3.05, 3.63) is 70.1 Å². The first-order valence-corrected chi connectivity index (χ1v) is 8.42. The summed E-state index contributed by atoms with van der Waals surface area (Å²) in [5, 5.41) is 10.7. The third-order valence-electron chi connectivity index (χ3n) is 3.56. The van der Waals surface area contributed by atoms with Gasteiger partial charge in [0.05, 0.1) is 12.7 Å². The lowest BCUT2D eigenvalue weighted by Gasteiger charge is -2.07. The highest BCUT2D eigenvalue weighted by atomic mass is 35.5. The molecule has 0 radical (unpaired) electrons. The molecule has 0 saturated heterocycles. The fourth-order valence-electron chi connectivity index (χ4n) is 2.48. The van der Waals surface area contributed by atoms with Crippen LogP contribution in [0.15, 0.2) is 60.2 Å². The van der Waals surface area contributed by atoms with E-state index in [1.807, 2.05) is 41.0 Å². The van der Waals surface area contributed by atoms with Crippen molar-refractivity contribution < 1.29 is 0 Å². The van der Waals surface area contributed by atoms with Gasteiger partial charge in [0.1, 0.15) is 5.82 Å². The van der Waals surface area contributed by atoms with Gasteiger partial charge in [0.2, 0.25) is 0 Å². The van der Waals surface area contributed by atoms with Gasteiger partial charge in [-0.3, -0.25) is 0 Å². The highest BCUT2D eigenvalue weighted by Crippen LogP contribution is 2.27. The maximum absolute atomic E-state index is 6.09. The van der Waals surface area contributed by atoms with Crippen molar-refractivity contribution in [1.82, 2.24) is 14.6 Å². The molecule has 4 nitrogen and oxygen atoms in total. The van der Waals surface area contributed by atoms with Crippen LogP contribution >= 0.6 is 22.9 Å². The molecule has 0 spiro atoms. The van der Waals surface area contributed by atoms with Crippen LogP contribution in [0.4, 0.5) is 5.82 Å². The first kappa shape index (κ1) is 14.2. The summed E-state index contributed by atoms with van der Waals surface area (Å²) in [6.45, 7) is 0.767. The highest BCUT2D eigenvalue weighted by molar-refractivity contribution is 7.09. The van der Waals surface area contributed by atoms with E-state index in [0.717, 1.165) is 29.1 Å². The molecule has 0 atom stereocenters. The fraction of sp³-hybridized carbons (Fsp3) is 0.0588. The van der Waals surface area contributed by atoms with E-state index >= 15 is 0 Å². The van der Waals surface area contributed by atoms with Crippen LogP contribution in [0.3, 0.4) is 0 Å². The Bertz CT molecular complexity index is 946. The monoisotopic (exact) mass is 340 g/mol. The van der Waals surface area contributed by atoms with Crippen molar-refractivity contribution in [2.24, 2.45) is 0 Å². The topological polar surface area (TPSA) is 42.2 Å². The lowest BCUT2D eigenvalue weighted by molar-refractivity contribution is 0.928. The van der Waals surface area contributed by atoms with Crippen LogP contribution in [0, 0.1) is 0 Å². The average Bonchev–Trinajstić information content (AvgIpc) is 3.22. The zero-order valence-electron chi connectivity index (χ0n) is 12.1. The first-order valence-electron chi connectivity index (χ1n) is 7.16. The zero-order valence-corrected chi connectivity index (χ0v) is 13.7. The number of nitrogens with zero attached hydrogens (tertiary/aromatic N) is 3. The summed E-state index contributed by atoms with van der Waals surface area (Å²) < 4.78 is 1.82. The molecule has 3 aromatic heterocycles. The standard InChI is InChI=1S/C17H13ClN4S/c18-13-4-1-3-12(9-13)15-11-21-22-16(6-7-19-17(15)22)20-10-14-5-2-8-23-14/h1-9,11,20H,10H2. The van der Waals surface area contributed by atoms with Crippen LogP contribution in [0.1, 0.15) is 4.88 Å². The molecule has 23 heavy (non-hydrogen) atoms. The number of thiophene rings is 1. The summed E-state index contributed by atoms with van der Waals surface area (Å²) in [5.74, 6) is 0.914. The Morgan fingerprint density at radius 1 is 1.17 bits per heavy atom. The second kappa shape index (κ2) is 6.02. The van der Waals surface area contributed by atoms with E-state index in [0.29, 0.717) is 5.02 Å².